The van der Waals surface area contributed by atoms with Gasteiger partial charge in [0.25, 0.3) is 0 Å². The lowest BCUT2D eigenvalue weighted by Crippen LogP contribution is -2.01. The Kier molecular flexibility index (Phi) is 2.82. The second-order valence-electron chi connectivity index (χ2n) is 3.63. The fraction of sp³-hybridized carbons (Fsp3) is 0.167. The third-order valence-corrected chi connectivity index (χ3v) is 2.51. The minimum absolute atomic E-state index is 0.336. The molecular formula is C12H12N2O3. The molecule has 0 atom stereocenters. The van der Waals surface area contributed by atoms with E-state index in [0.29, 0.717) is 5.69 Å². The molecule has 17 heavy (non-hydrogen) atoms. The lowest BCUT2D eigenvalue weighted by molar-refractivity contribution is 0.0687. The van der Waals surface area contributed by atoms with Crippen LogP contribution in [0.25, 0.3) is 5.69 Å². The number of aromatic hydroxyl groups is 1. The summed E-state index contributed by atoms with van der Waals surface area (Å²) in [7, 11) is 0. The molecule has 1 heterocycles. The first-order valence-corrected chi connectivity index (χ1v) is 5.23. The average Bonchev–Trinajstić information content (AvgIpc) is 2.71. The maximum absolute atomic E-state index is 10.7. The maximum Gasteiger partial charge on any atom is 0.360 e. The van der Waals surface area contributed by atoms with Crippen molar-refractivity contribution in [3.63, 3.8) is 0 Å². The number of aromatic nitrogens is 2. The summed E-state index contributed by atoms with van der Waals surface area (Å²) < 4.78 is 1.35. The maximum atomic E-state index is 10.7. The highest BCUT2D eigenvalue weighted by molar-refractivity contribution is 5.88. The van der Waals surface area contributed by atoms with Crippen molar-refractivity contribution in [2.24, 2.45) is 0 Å². The molecule has 0 aliphatic heterocycles. The zero-order chi connectivity index (χ0) is 12.4. The summed E-state index contributed by atoms with van der Waals surface area (Å²) in [5.41, 5.74) is 1.55. The van der Waals surface area contributed by atoms with E-state index in [1.165, 1.54) is 16.4 Å². The third kappa shape index (κ3) is 2.13. The molecule has 5 nitrogen and oxygen atoms in total. The van der Waals surface area contributed by atoms with Gasteiger partial charge in [-0.3, -0.25) is 0 Å². The van der Waals surface area contributed by atoms with Crippen molar-refractivity contribution in [2.75, 3.05) is 0 Å². The number of rotatable bonds is 3. The molecule has 0 saturated heterocycles. The number of benzene rings is 1. The molecular weight excluding hydrogens is 220 g/mol. The number of carbonyl (C=O) groups is 1. The van der Waals surface area contributed by atoms with E-state index < -0.39 is 5.97 Å². The second-order valence-corrected chi connectivity index (χ2v) is 3.63. The SMILES string of the molecule is CCc1ccc(-n2cc(O)c(C(=O)O)n2)cc1. The van der Waals surface area contributed by atoms with Gasteiger partial charge in [-0.05, 0) is 24.1 Å². The number of aryl methyl sites for hydroxylation is 1. The van der Waals surface area contributed by atoms with Gasteiger partial charge in [-0.15, -0.1) is 0 Å². The van der Waals surface area contributed by atoms with Gasteiger partial charge in [0, 0.05) is 0 Å². The average molecular weight is 232 g/mol. The van der Waals surface area contributed by atoms with Gasteiger partial charge in [-0.2, -0.15) is 5.10 Å². The van der Waals surface area contributed by atoms with Crippen LogP contribution in [0.1, 0.15) is 23.0 Å². The smallest absolute Gasteiger partial charge is 0.360 e. The highest BCUT2D eigenvalue weighted by atomic mass is 16.4. The number of hydrogen-bond acceptors (Lipinski definition) is 3. The van der Waals surface area contributed by atoms with Crippen molar-refractivity contribution in [1.82, 2.24) is 9.78 Å². The van der Waals surface area contributed by atoms with Gasteiger partial charge < -0.3 is 10.2 Å². The molecule has 88 valence electrons. The Balaban J connectivity index is 2.39. The fourth-order valence-electron chi connectivity index (χ4n) is 1.53. The van der Waals surface area contributed by atoms with Crippen LogP contribution in [0.15, 0.2) is 30.5 Å². The predicted molar refractivity (Wildman–Crippen MR) is 61.6 cm³/mol. The Morgan fingerprint density at radius 3 is 2.47 bits per heavy atom. The lowest BCUT2D eigenvalue weighted by atomic mass is 10.1. The molecule has 5 heteroatoms. The summed E-state index contributed by atoms with van der Waals surface area (Å²) in [4.78, 5) is 10.7. The Labute approximate surface area is 97.9 Å². The van der Waals surface area contributed by atoms with Gasteiger partial charge in [0.1, 0.15) is 0 Å². The van der Waals surface area contributed by atoms with E-state index in [9.17, 15) is 9.90 Å². The van der Waals surface area contributed by atoms with E-state index in [-0.39, 0.29) is 11.4 Å². The molecule has 0 unspecified atom stereocenters. The van der Waals surface area contributed by atoms with Crippen LogP contribution < -0.4 is 0 Å². The topological polar surface area (TPSA) is 75.4 Å². The van der Waals surface area contributed by atoms with Crippen molar-refractivity contribution in [3.05, 3.63) is 41.7 Å². The molecule has 2 N–H and O–H groups in total. The largest absolute Gasteiger partial charge is 0.504 e. The van der Waals surface area contributed by atoms with Gasteiger partial charge in [0.05, 0.1) is 11.9 Å². The number of aromatic carboxylic acids is 1. The summed E-state index contributed by atoms with van der Waals surface area (Å²) in [6, 6.07) is 7.54. The highest BCUT2D eigenvalue weighted by Crippen LogP contribution is 2.18. The molecule has 0 radical (unpaired) electrons. The molecule has 0 aliphatic rings. The molecule has 1 aromatic heterocycles. The Morgan fingerprint density at radius 1 is 1.35 bits per heavy atom. The van der Waals surface area contributed by atoms with E-state index in [1.54, 1.807) is 0 Å². The van der Waals surface area contributed by atoms with Crippen LogP contribution in [0, 0.1) is 0 Å². The highest BCUT2D eigenvalue weighted by Gasteiger charge is 2.15. The zero-order valence-electron chi connectivity index (χ0n) is 9.29. The minimum atomic E-state index is -1.24. The third-order valence-electron chi connectivity index (χ3n) is 2.51. The summed E-state index contributed by atoms with van der Waals surface area (Å²) in [5, 5.41) is 22.0. The second kappa shape index (κ2) is 4.29. The van der Waals surface area contributed by atoms with Gasteiger partial charge >= 0.3 is 5.97 Å². The first-order chi connectivity index (χ1) is 8.11. The quantitative estimate of drug-likeness (QED) is 0.846. The van der Waals surface area contributed by atoms with E-state index in [4.69, 9.17) is 5.11 Å². The summed E-state index contributed by atoms with van der Waals surface area (Å²) in [6.07, 6.45) is 2.22. The van der Waals surface area contributed by atoms with Gasteiger partial charge in [0.15, 0.2) is 5.75 Å². The van der Waals surface area contributed by atoms with Crippen LogP contribution in [0.3, 0.4) is 0 Å². The molecule has 0 fully saturated rings. The monoisotopic (exact) mass is 232 g/mol. The zero-order valence-corrected chi connectivity index (χ0v) is 9.29. The lowest BCUT2D eigenvalue weighted by Gasteiger charge is -2.01. The van der Waals surface area contributed by atoms with Crippen LogP contribution in [-0.2, 0) is 6.42 Å². The van der Waals surface area contributed by atoms with E-state index in [2.05, 4.69) is 12.0 Å². The molecule has 0 aliphatic carbocycles. The number of carboxylic acids is 1. The van der Waals surface area contributed by atoms with Crippen LogP contribution in [0.4, 0.5) is 0 Å². The Morgan fingerprint density at radius 2 is 2.00 bits per heavy atom. The molecule has 2 rings (SSSR count). The molecule has 2 aromatic rings. The first kappa shape index (κ1) is 11.2. The molecule has 0 amide bonds. The Bertz CT molecular complexity index is 543. The molecule has 1 aromatic carbocycles. The fourth-order valence-corrected chi connectivity index (χ4v) is 1.53. The van der Waals surface area contributed by atoms with Gasteiger partial charge in [0.2, 0.25) is 5.69 Å². The van der Waals surface area contributed by atoms with Crippen LogP contribution in [-0.4, -0.2) is 26.0 Å². The standard InChI is InChI=1S/C12H12N2O3/c1-2-8-3-5-9(6-4-8)14-7-10(15)11(13-14)12(16)17/h3-7,15H,2H2,1H3,(H,16,17). The van der Waals surface area contributed by atoms with E-state index in [1.807, 2.05) is 24.3 Å². The van der Waals surface area contributed by atoms with Crippen LogP contribution >= 0.6 is 0 Å². The summed E-state index contributed by atoms with van der Waals surface area (Å²) in [5.74, 6) is -1.58. The summed E-state index contributed by atoms with van der Waals surface area (Å²) in [6.45, 7) is 2.05. The summed E-state index contributed by atoms with van der Waals surface area (Å²) >= 11 is 0. The normalized spacial score (nSPS) is 10.4. The van der Waals surface area contributed by atoms with Crippen molar-refractivity contribution >= 4 is 5.97 Å². The molecule has 0 spiro atoms. The van der Waals surface area contributed by atoms with Crippen molar-refractivity contribution in [1.29, 1.82) is 0 Å². The molecule has 0 bridgehead atoms. The van der Waals surface area contributed by atoms with Crippen molar-refractivity contribution < 1.29 is 15.0 Å². The van der Waals surface area contributed by atoms with E-state index in [0.717, 1.165) is 6.42 Å². The predicted octanol–water partition coefficient (Wildman–Crippen LogP) is 1.84. The minimum Gasteiger partial charge on any atom is -0.504 e. The van der Waals surface area contributed by atoms with E-state index >= 15 is 0 Å². The van der Waals surface area contributed by atoms with Gasteiger partial charge in [-0.1, -0.05) is 19.1 Å². The Hall–Kier alpha value is -2.30. The van der Waals surface area contributed by atoms with Crippen molar-refractivity contribution in [2.45, 2.75) is 13.3 Å². The first-order valence-electron chi connectivity index (χ1n) is 5.23. The number of nitrogens with zero attached hydrogens (tertiary/aromatic N) is 2. The van der Waals surface area contributed by atoms with Gasteiger partial charge in [-0.25, -0.2) is 9.48 Å². The van der Waals surface area contributed by atoms with Crippen LogP contribution in [0.2, 0.25) is 0 Å². The molecule has 0 saturated carbocycles. The van der Waals surface area contributed by atoms with Crippen molar-refractivity contribution in [3.8, 4) is 11.4 Å². The number of hydrogen-bond donors (Lipinski definition) is 2. The number of carboxylic acid groups (broad SMARTS) is 1. The van der Waals surface area contributed by atoms with Crippen LogP contribution in [0.5, 0.6) is 5.75 Å².